The van der Waals surface area contributed by atoms with Crippen LogP contribution in [-0.4, -0.2) is 25.4 Å². The van der Waals surface area contributed by atoms with E-state index in [0.29, 0.717) is 5.56 Å². The van der Waals surface area contributed by atoms with Gasteiger partial charge in [0.05, 0.1) is 17.7 Å². The van der Waals surface area contributed by atoms with Crippen molar-refractivity contribution < 1.29 is 9.87 Å². The first-order chi connectivity index (χ1) is 8.84. The quantitative estimate of drug-likeness (QED) is 0.711. The zero-order chi connectivity index (χ0) is 12.4. The number of imidazole rings is 1. The van der Waals surface area contributed by atoms with Crippen LogP contribution in [0.15, 0.2) is 49.2 Å². The van der Waals surface area contributed by atoms with Crippen molar-refractivity contribution in [2.24, 2.45) is 0 Å². The normalized spacial score (nSPS) is 9.95. The predicted octanol–water partition coefficient (Wildman–Crippen LogP) is 1.85. The molecule has 0 aliphatic rings. The number of halogens is 1. The van der Waals surface area contributed by atoms with Crippen molar-refractivity contribution in [1.29, 1.82) is 0 Å². The number of nitrogens with zero attached hydrogens (tertiary/aromatic N) is 3. The molecule has 3 N–H and O–H groups in total. The highest BCUT2D eigenvalue weighted by atomic mass is 19.1. The SMILES string of the molecule is Fc1cc(-c2[nH]cnc2-c2cccnc2)ccn1.O. The summed E-state index contributed by atoms with van der Waals surface area (Å²) in [5, 5.41) is 0. The Kier molecular flexibility index (Phi) is 3.63. The molecular weight excluding hydrogens is 247 g/mol. The Morgan fingerprint density at radius 1 is 1.05 bits per heavy atom. The Bertz CT molecular complexity index is 669. The molecule has 0 bridgehead atoms. The molecule has 3 aromatic rings. The summed E-state index contributed by atoms with van der Waals surface area (Å²) in [5.41, 5.74) is 3.09. The highest BCUT2D eigenvalue weighted by molar-refractivity contribution is 5.77. The largest absolute Gasteiger partial charge is 0.412 e. The lowest BCUT2D eigenvalue weighted by Gasteiger charge is -2.02. The van der Waals surface area contributed by atoms with E-state index in [4.69, 9.17) is 0 Å². The highest BCUT2D eigenvalue weighted by Crippen LogP contribution is 2.28. The highest BCUT2D eigenvalue weighted by Gasteiger charge is 2.11. The molecule has 0 fully saturated rings. The molecule has 0 unspecified atom stereocenters. The van der Waals surface area contributed by atoms with Crippen LogP contribution < -0.4 is 0 Å². The Morgan fingerprint density at radius 3 is 2.68 bits per heavy atom. The van der Waals surface area contributed by atoms with Gasteiger partial charge >= 0.3 is 0 Å². The lowest BCUT2D eigenvalue weighted by atomic mass is 10.1. The van der Waals surface area contributed by atoms with Crippen LogP contribution in [0, 0.1) is 5.95 Å². The van der Waals surface area contributed by atoms with Gasteiger partial charge in [0.1, 0.15) is 0 Å². The molecule has 6 heteroatoms. The van der Waals surface area contributed by atoms with E-state index in [1.165, 1.54) is 12.3 Å². The summed E-state index contributed by atoms with van der Waals surface area (Å²) in [6, 6.07) is 6.84. The molecular formula is C13H11FN4O. The zero-order valence-corrected chi connectivity index (χ0v) is 9.84. The van der Waals surface area contributed by atoms with Crippen LogP contribution in [0.1, 0.15) is 0 Å². The lowest BCUT2D eigenvalue weighted by molar-refractivity contribution is 0.584. The van der Waals surface area contributed by atoms with E-state index in [1.54, 1.807) is 24.8 Å². The fraction of sp³-hybridized carbons (Fsp3) is 0. The van der Waals surface area contributed by atoms with Crippen LogP contribution in [0.2, 0.25) is 0 Å². The summed E-state index contributed by atoms with van der Waals surface area (Å²) in [6.07, 6.45) is 6.42. The maximum atomic E-state index is 13.1. The smallest absolute Gasteiger partial charge is 0.213 e. The molecule has 0 amide bonds. The van der Waals surface area contributed by atoms with Gasteiger partial charge in [-0.25, -0.2) is 9.97 Å². The maximum Gasteiger partial charge on any atom is 0.213 e. The number of hydrogen-bond donors (Lipinski definition) is 1. The average molecular weight is 258 g/mol. The van der Waals surface area contributed by atoms with E-state index in [2.05, 4.69) is 19.9 Å². The van der Waals surface area contributed by atoms with E-state index in [9.17, 15) is 4.39 Å². The molecule has 0 atom stereocenters. The molecule has 0 aromatic carbocycles. The first-order valence-electron chi connectivity index (χ1n) is 5.40. The molecule has 3 heterocycles. The number of rotatable bonds is 2. The molecule has 3 rings (SSSR count). The number of nitrogens with one attached hydrogen (secondary N) is 1. The fourth-order valence-corrected chi connectivity index (χ4v) is 1.79. The fourth-order valence-electron chi connectivity index (χ4n) is 1.79. The summed E-state index contributed by atoms with van der Waals surface area (Å²) >= 11 is 0. The van der Waals surface area contributed by atoms with E-state index in [1.807, 2.05) is 12.1 Å². The van der Waals surface area contributed by atoms with E-state index in [0.717, 1.165) is 17.0 Å². The Labute approximate surface area is 108 Å². The third-order valence-corrected chi connectivity index (χ3v) is 2.59. The summed E-state index contributed by atoms with van der Waals surface area (Å²) in [7, 11) is 0. The van der Waals surface area contributed by atoms with Gasteiger partial charge < -0.3 is 10.5 Å². The topological polar surface area (TPSA) is 86.0 Å². The van der Waals surface area contributed by atoms with Crippen molar-refractivity contribution >= 4 is 0 Å². The number of aromatic nitrogens is 4. The first kappa shape index (κ1) is 12.8. The molecule has 0 aliphatic heterocycles. The summed E-state index contributed by atoms with van der Waals surface area (Å²) < 4.78 is 13.1. The van der Waals surface area contributed by atoms with Crippen molar-refractivity contribution in [2.45, 2.75) is 0 Å². The van der Waals surface area contributed by atoms with Crippen molar-refractivity contribution in [3.05, 3.63) is 55.1 Å². The predicted molar refractivity (Wildman–Crippen MR) is 68.6 cm³/mol. The molecule has 96 valence electrons. The minimum Gasteiger partial charge on any atom is -0.412 e. The van der Waals surface area contributed by atoms with Gasteiger partial charge in [-0.15, -0.1) is 0 Å². The van der Waals surface area contributed by atoms with Crippen LogP contribution in [-0.2, 0) is 0 Å². The Morgan fingerprint density at radius 2 is 1.95 bits per heavy atom. The summed E-state index contributed by atoms with van der Waals surface area (Å²) in [5.74, 6) is -0.515. The van der Waals surface area contributed by atoms with Gasteiger partial charge in [-0.3, -0.25) is 4.98 Å². The Hall–Kier alpha value is -2.60. The van der Waals surface area contributed by atoms with E-state index < -0.39 is 5.95 Å². The van der Waals surface area contributed by atoms with Gasteiger partial charge in [-0.1, -0.05) is 0 Å². The van der Waals surface area contributed by atoms with E-state index in [-0.39, 0.29) is 5.48 Å². The van der Waals surface area contributed by atoms with Gasteiger partial charge in [0.25, 0.3) is 0 Å². The van der Waals surface area contributed by atoms with Crippen LogP contribution in [0.4, 0.5) is 4.39 Å². The van der Waals surface area contributed by atoms with Gasteiger partial charge in [-0.2, -0.15) is 4.39 Å². The van der Waals surface area contributed by atoms with Crippen molar-refractivity contribution in [2.75, 3.05) is 0 Å². The summed E-state index contributed by atoms with van der Waals surface area (Å²) in [4.78, 5) is 14.9. The second kappa shape index (κ2) is 5.36. The second-order valence-corrected chi connectivity index (χ2v) is 3.74. The zero-order valence-electron chi connectivity index (χ0n) is 9.84. The van der Waals surface area contributed by atoms with Gasteiger partial charge in [0.15, 0.2) is 0 Å². The molecule has 0 saturated heterocycles. The molecule has 0 aliphatic carbocycles. The van der Waals surface area contributed by atoms with Gasteiger partial charge in [0, 0.05) is 35.8 Å². The standard InChI is InChI=1S/C13H9FN4.H2O/c14-11-6-9(3-5-16-11)12-13(18-8-17-12)10-2-1-4-15-7-10;/h1-8H,(H,17,18);1H2. The number of hydrogen-bond acceptors (Lipinski definition) is 3. The van der Waals surface area contributed by atoms with Gasteiger partial charge in [0.2, 0.25) is 5.95 Å². The number of pyridine rings is 2. The Balaban J connectivity index is 0.00000133. The van der Waals surface area contributed by atoms with Crippen LogP contribution in [0.3, 0.4) is 0 Å². The van der Waals surface area contributed by atoms with E-state index >= 15 is 0 Å². The third kappa shape index (κ3) is 2.48. The molecule has 0 saturated carbocycles. The number of aromatic amines is 1. The first-order valence-corrected chi connectivity index (χ1v) is 5.40. The molecule has 0 radical (unpaired) electrons. The summed E-state index contributed by atoms with van der Waals surface area (Å²) in [6.45, 7) is 0. The average Bonchev–Trinajstić information content (AvgIpc) is 2.89. The minimum absolute atomic E-state index is 0. The van der Waals surface area contributed by atoms with Crippen LogP contribution >= 0.6 is 0 Å². The molecule has 3 aromatic heterocycles. The number of H-pyrrole nitrogens is 1. The van der Waals surface area contributed by atoms with Crippen molar-refractivity contribution in [1.82, 2.24) is 19.9 Å². The van der Waals surface area contributed by atoms with Crippen molar-refractivity contribution in [3.63, 3.8) is 0 Å². The molecule has 19 heavy (non-hydrogen) atoms. The minimum atomic E-state index is -0.515. The molecule has 5 nitrogen and oxygen atoms in total. The molecule has 0 spiro atoms. The monoisotopic (exact) mass is 258 g/mol. The maximum absolute atomic E-state index is 13.1. The lowest BCUT2D eigenvalue weighted by Crippen LogP contribution is -1.87. The van der Waals surface area contributed by atoms with Gasteiger partial charge in [-0.05, 0) is 18.2 Å². The van der Waals surface area contributed by atoms with Crippen molar-refractivity contribution in [3.8, 4) is 22.5 Å². The third-order valence-electron chi connectivity index (χ3n) is 2.59. The van der Waals surface area contributed by atoms with Crippen LogP contribution in [0.25, 0.3) is 22.5 Å². The van der Waals surface area contributed by atoms with Crippen LogP contribution in [0.5, 0.6) is 0 Å². The second-order valence-electron chi connectivity index (χ2n) is 3.74.